The highest BCUT2D eigenvalue weighted by atomic mass is 79.9. The van der Waals surface area contributed by atoms with Crippen LogP contribution in [0, 0.1) is 24.7 Å². The van der Waals surface area contributed by atoms with Gasteiger partial charge in [0.05, 0.1) is 65.1 Å². The van der Waals surface area contributed by atoms with Crippen molar-refractivity contribution in [3.05, 3.63) is 176 Å². The molecule has 9 aromatic rings. The molecule has 3 aromatic carbocycles. The van der Waals surface area contributed by atoms with Crippen LogP contribution in [0.4, 0.5) is 26.3 Å². The summed E-state index contributed by atoms with van der Waals surface area (Å²) in [6.45, 7) is 9.29. The molecule has 8 heterocycles. The van der Waals surface area contributed by atoms with Crippen LogP contribution in [0.1, 0.15) is 122 Å². The Morgan fingerprint density at radius 2 is 1.25 bits per heavy atom. The Balaban J connectivity index is 0.897. The van der Waals surface area contributed by atoms with E-state index in [0.29, 0.717) is 74.9 Å². The summed E-state index contributed by atoms with van der Waals surface area (Å²) < 4.78 is 91.7. The molecule has 0 saturated heterocycles. The highest BCUT2D eigenvalue weighted by Crippen LogP contribution is 2.41. The van der Waals surface area contributed by atoms with Gasteiger partial charge in [-0.15, -0.1) is 5.10 Å². The Kier molecular flexibility index (Phi) is 15.1. The molecule has 0 bridgehead atoms. The van der Waals surface area contributed by atoms with Crippen molar-refractivity contribution in [1.29, 1.82) is 0 Å². The van der Waals surface area contributed by atoms with Crippen molar-refractivity contribution < 1.29 is 40.7 Å². The Bertz CT molecular complexity index is 4410. The number of carbonyl (C=O) groups excluding carboxylic acids is 3. The average molecular weight is 1330 g/mol. The van der Waals surface area contributed by atoms with Gasteiger partial charge in [0.15, 0.2) is 5.82 Å². The van der Waals surface area contributed by atoms with Crippen LogP contribution in [0.5, 0.6) is 0 Å². The summed E-state index contributed by atoms with van der Waals surface area (Å²) in [7, 11) is 1.49. The molecule has 27 heteroatoms. The number of aryl methyl sites for hydroxylation is 1. The number of benzene rings is 3. The van der Waals surface area contributed by atoms with E-state index in [1.165, 1.54) is 45.7 Å². The normalized spacial score (nSPS) is 17.9. The molecule has 2 aliphatic heterocycles. The first kappa shape index (κ1) is 59.1. The van der Waals surface area contributed by atoms with E-state index in [1.807, 2.05) is 45.0 Å². The van der Waals surface area contributed by atoms with Crippen LogP contribution < -0.4 is 16.4 Å². The topological polar surface area (TPSA) is 208 Å². The number of hydrogen-bond acceptors (Lipinski definition) is 10. The second-order valence-electron chi connectivity index (χ2n) is 23.2. The van der Waals surface area contributed by atoms with Gasteiger partial charge >= 0.3 is 12.4 Å². The lowest BCUT2D eigenvalue weighted by Crippen LogP contribution is -2.46. The standard InChI is InChI=1S/C60H56Br2F6N14O5/c1-29(2)17-38-24-70-82-49-28-77(56(85)36-12-16-46(62)44(22-36)60(66,67)68)31(4)19-42(49)58(87)80(54(38)82)50-23-47(52(83)69-6)78(74-50)26-37-8-7-34(37)20-39-25-71-81-48-27-76(55(84)35-11-15-45(61)43(21-35)59(63,64)65)30(3)18-41(48)57(86)79(53(39)81)40-13-9-33(10-14-40)51-32(5)72-75-73-51/h9-16,21-25,29-31,34,37H,7-8,17-20,26-28H2,1-6H3,(H,69,83)(H,72,73,75)/t30-,31-,34?,37?/m0/s1. The predicted molar refractivity (Wildman–Crippen MR) is 314 cm³/mol. The van der Waals surface area contributed by atoms with Crippen molar-refractivity contribution in [2.45, 2.75) is 117 Å². The smallest absolute Gasteiger partial charge is 0.354 e. The molecule has 0 radical (unpaired) electrons. The van der Waals surface area contributed by atoms with E-state index in [-0.39, 0.29) is 87.4 Å². The molecular weight excluding hydrogens is 1270 g/mol. The van der Waals surface area contributed by atoms with Gasteiger partial charge in [-0.05, 0) is 126 Å². The molecule has 2 N–H and O–H groups in total. The van der Waals surface area contributed by atoms with Crippen LogP contribution in [-0.4, -0.2) is 100 Å². The number of nitrogens with zero attached hydrogens (tertiary/aromatic N) is 12. The van der Waals surface area contributed by atoms with Crippen LogP contribution in [-0.2, 0) is 57.7 Å². The predicted octanol–water partition coefficient (Wildman–Crippen LogP) is 10.1. The quantitative estimate of drug-likeness (QED) is 0.111. The highest BCUT2D eigenvalue weighted by molar-refractivity contribution is 9.10. The minimum absolute atomic E-state index is 0.0341. The maximum atomic E-state index is 15.2. The van der Waals surface area contributed by atoms with E-state index in [2.05, 4.69) is 52.6 Å². The SMILES string of the molecule is CNC(=O)c1cc(-n2c(=O)c3c(n4ncc(CC(C)C)c24)CN(C(=O)c2ccc(Br)c(C(F)(F)F)c2)[C@@H](C)C3)nn1CC1CCC1Cc1cnn2c3c(c(=O)n(-c4ccc(-c5[nH]nnc5C)cc4)c12)C[C@H](C)N(C(=O)c1ccc(Br)c(C(F)(F)F)c1)C3. The number of alkyl halides is 6. The largest absolute Gasteiger partial charge is 0.417 e. The Hall–Kier alpha value is -8.20. The Labute approximate surface area is 508 Å². The van der Waals surface area contributed by atoms with E-state index in [9.17, 15) is 40.7 Å². The summed E-state index contributed by atoms with van der Waals surface area (Å²) in [4.78, 5) is 75.6. The van der Waals surface area contributed by atoms with E-state index in [4.69, 9.17) is 15.3 Å². The summed E-state index contributed by atoms with van der Waals surface area (Å²) in [5.41, 5.74) is 3.47. The Morgan fingerprint density at radius 1 is 0.724 bits per heavy atom. The molecule has 6 aromatic heterocycles. The molecule has 3 amide bonds. The van der Waals surface area contributed by atoms with Gasteiger partial charge in [0.2, 0.25) is 0 Å². The number of carbonyl (C=O) groups is 3. The lowest BCUT2D eigenvalue weighted by Gasteiger charge is -2.37. The monoisotopic (exact) mass is 1320 g/mol. The first-order valence-electron chi connectivity index (χ1n) is 28.2. The van der Waals surface area contributed by atoms with Crippen LogP contribution in [0.3, 0.4) is 0 Å². The number of nitrogens with one attached hydrogen (secondary N) is 2. The molecule has 452 valence electrons. The molecule has 87 heavy (non-hydrogen) atoms. The third-order valence-electron chi connectivity index (χ3n) is 17.1. The number of halogens is 8. The van der Waals surface area contributed by atoms with E-state index in [1.54, 1.807) is 50.6 Å². The molecular formula is C60H56Br2F6N14O5. The number of fused-ring (bicyclic) bond motifs is 6. The van der Waals surface area contributed by atoms with Crippen molar-refractivity contribution in [1.82, 2.24) is 68.7 Å². The second kappa shape index (κ2) is 22.2. The molecule has 0 spiro atoms. The van der Waals surface area contributed by atoms with Crippen LogP contribution in [0.2, 0.25) is 0 Å². The third-order valence-corrected chi connectivity index (χ3v) is 18.5. The van der Waals surface area contributed by atoms with Gasteiger partial charge in [0, 0.05) is 79.6 Å². The van der Waals surface area contributed by atoms with Crippen LogP contribution in [0.15, 0.2) is 97.7 Å². The van der Waals surface area contributed by atoms with Crippen molar-refractivity contribution >= 4 is 60.9 Å². The molecule has 1 fully saturated rings. The van der Waals surface area contributed by atoms with Gasteiger partial charge in [-0.3, -0.25) is 38.3 Å². The van der Waals surface area contributed by atoms with Crippen molar-refractivity contribution in [2.24, 2.45) is 17.8 Å². The summed E-state index contributed by atoms with van der Waals surface area (Å²) in [5.74, 6) is -1.64. The zero-order valence-corrected chi connectivity index (χ0v) is 50.9. The van der Waals surface area contributed by atoms with Crippen molar-refractivity contribution in [3.8, 4) is 22.8 Å². The lowest BCUT2D eigenvalue weighted by molar-refractivity contribution is -0.139. The number of amides is 3. The molecule has 1 aliphatic carbocycles. The van der Waals surface area contributed by atoms with Crippen LogP contribution in [0.25, 0.3) is 34.1 Å². The first-order valence-corrected chi connectivity index (χ1v) is 29.8. The zero-order chi connectivity index (χ0) is 61.9. The number of rotatable bonds is 12. The van der Waals surface area contributed by atoms with Gasteiger partial charge in [0.25, 0.3) is 28.8 Å². The summed E-state index contributed by atoms with van der Waals surface area (Å²) in [5, 5.41) is 28.3. The lowest BCUT2D eigenvalue weighted by atomic mass is 9.71. The molecule has 1 saturated carbocycles. The van der Waals surface area contributed by atoms with Gasteiger partial charge in [-0.25, -0.2) is 13.6 Å². The number of aromatic amines is 1. The van der Waals surface area contributed by atoms with Crippen molar-refractivity contribution in [2.75, 3.05) is 7.05 Å². The van der Waals surface area contributed by atoms with E-state index in [0.717, 1.165) is 30.5 Å². The molecule has 12 rings (SSSR count). The molecule has 2 unspecified atom stereocenters. The highest BCUT2D eigenvalue weighted by Gasteiger charge is 2.41. The molecule has 4 atom stereocenters. The first-order chi connectivity index (χ1) is 41.3. The van der Waals surface area contributed by atoms with Gasteiger partial charge in [-0.2, -0.15) is 41.6 Å². The van der Waals surface area contributed by atoms with E-state index >= 15 is 9.59 Å². The fourth-order valence-corrected chi connectivity index (χ4v) is 13.5. The minimum Gasteiger partial charge on any atom is -0.354 e. The van der Waals surface area contributed by atoms with Gasteiger partial charge in [-0.1, -0.05) is 63.1 Å². The number of aromatic nitrogens is 11. The fourth-order valence-electron chi connectivity index (χ4n) is 12.5. The summed E-state index contributed by atoms with van der Waals surface area (Å²) in [6, 6.07) is 14.3. The van der Waals surface area contributed by atoms with Gasteiger partial charge in [0.1, 0.15) is 17.0 Å². The van der Waals surface area contributed by atoms with E-state index < -0.39 is 58.8 Å². The maximum absolute atomic E-state index is 15.2. The molecule has 19 nitrogen and oxygen atoms in total. The molecule has 3 aliphatic rings. The Morgan fingerprint density at radius 3 is 1.75 bits per heavy atom. The zero-order valence-electron chi connectivity index (χ0n) is 47.7. The average Bonchev–Trinajstić information content (AvgIpc) is 1.86. The summed E-state index contributed by atoms with van der Waals surface area (Å²) in [6.07, 6.45) is -3.62. The minimum atomic E-state index is -4.73. The second-order valence-corrected chi connectivity index (χ2v) is 24.9. The number of H-pyrrole nitrogens is 1. The van der Waals surface area contributed by atoms with Crippen LogP contribution >= 0.6 is 31.9 Å². The third kappa shape index (κ3) is 10.5. The maximum Gasteiger partial charge on any atom is 0.417 e. The number of hydrogen-bond donors (Lipinski definition) is 2. The van der Waals surface area contributed by atoms with Gasteiger partial charge < -0.3 is 15.1 Å². The van der Waals surface area contributed by atoms with Crippen molar-refractivity contribution in [3.63, 3.8) is 0 Å². The summed E-state index contributed by atoms with van der Waals surface area (Å²) >= 11 is 5.93. The fraction of sp³-hybridized carbons (Fsp3) is 0.367.